The lowest BCUT2D eigenvalue weighted by atomic mass is 10.2. The lowest BCUT2D eigenvalue weighted by Gasteiger charge is -2.18. The number of nitrogens with zero attached hydrogens (tertiary/aromatic N) is 3. The number of esters is 1. The van der Waals surface area contributed by atoms with Crippen LogP contribution in [0.2, 0.25) is 5.15 Å². The SMILES string of the molecule is COC(=O)c1cc2c(=O)n(CC(=O)N(C)c3ccc4c(c3)OC(F)(F)O4)nc(Cl)c2o1. The van der Waals surface area contributed by atoms with Gasteiger partial charge in [-0.15, -0.1) is 8.78 Å². The van der Waals surface area contributed by atoms with E-state index in [1.165, 1.54) is 25.2 Å². The molecule has 0 saturated heterocycles. The summed E-state index contributed by atoms with van der Waals surface area (Å²) in [5, 5.41) is 3.51. The average molecular weight is 456 g/mol. The van der Waals surface area contributed by atoms with E-state index in [2.05, 4.69) is 19.3 Å². The number of furan rings is 1. The Bertz CT molecular complexity index is 1290. The number of ether oxygens (including phenoxy) is 3. The van der Waals surface area contributed by atoms with Crippen LogP contribution < -0.4 is 19.9 Å². The predicted molar refractivity (Wildman–Crippen MR) is 101 cm³/mol. The summed E-state index contributed by atoms with van der Waals surface area (Å²) in [6.07, 6.45) is -3.79. The highest BCUT2D eigenvalue weighted by Gasteiger charge is 2.43. The molecule has 4 rings (SSSR count). The van der Waals surface area contributed by atoms with Crippen molar-refractivity contribution in [2.45, 2.75) is 12.8 Å². The van der Waals surface area contributed by atoms with E-state index in [1.54, 1.807) is 0 Å². The Balaban J connectivity index is 1.61. The standard InChI is InChI=1S/C18H12ClF2N3O7/c1-23(8-3-4-10-11(5-8)31-18(20,21)30-10)13(25)7-24-16(26)9-6-12(17(27)28-2)29-14(9)15(19)22-24/h3-6H,7H2,1-2H3. The van der Waals surface area contributed by atoms with E-state index in [4.69, 9.17) is 16.0 Å². The van der Waals surface area contributed by atoms with E-state index < -0.39 is 30.3 Å². The predicted octanol–water partition coefficient (Wildman–Crippen LogP) is 2.41. The van der Waals surface area contributed by atoms with Crippen molar-refractivity contribution in [2.24, 2.45) is 0 Å². The first-order chi connectivity index (χ1) is 14.6. The van der Waals surface area contributed by atoms with Crippen molar-refractivity contribution < 1.29 is 37.0 Å². The summed E-state index contributed by atoms with van der Waals surface area (Å²) in [6.45, 7) is -0.533. The normalized spacial score (nSPS) is 14.0. The van der Waals surface area contributed by atoms with Gasteiger partial charge in [0, 0.05) is 24.9 Å². The van der Waals surface area contributed by atoms with E-state index >= 15 is 0 Å². The van der Waals surface area contributed by atoms with Gasteiger partial charge < -0.3 is 23.5 Å². The fourth-order valence-corrected chi connectivity index (χ4v) is 3.10. The monoisotopic (exact) mass is 455 g/mol. The summed E-state index contributed by atoms with van der Waals surface area (Å²) < 4.78 is 45.6. The number of carbonyl (C=O) groups excluding carboxylic acids is 2. The molecule has 0 atom stereocenters. The molecule has 2 aromatic heterocycles. The van der Waals surface area contributed by atoms with E-state index in [-0.39, 0.29) is 39.1 Å². The molecule has 1 aliphatic heterocycles. The molecule has 1 aromatic carbocycles. The van der Waals surface area contributed by atoms with Gasteiger partial charge in [0.2, 0.25) is 11.7 Å². The van der Waals surface area contributed by atoms with Crippen LogP contribution in [0.3, 0.4) is 0 Å². The fourth-order valence-electron chi connectivity index (χ4n) is 2.87. The van der Waals surface area contributed by atoms with Crippen molar-refractivity contribution in [1.29, 1.82) is 0 Å². The Morgan fingerprint density at radius 3 is 2.68 bits per heavy atom. The second kappa shape index (κ2) is 7.23. The van der Waals surface area contributed by atoms with Crippen molar-refractivity contribution in [2.75, 3.05) is 19.1 Å². The van der Waals surface area contributed by atoms with E-state index in [0.717, 1.165) is 22.8 Å². The molecule has 0 N–H and O–H groups in total. The highest BCUT2D eigenvalue weighted by atomic mass is 35.5. The minimum atomic E-state index is -3.79. The largest absolute Gasteiger partial charge is 0.586 e. The van der Waals surface area contributed by atoms with Crippen molar-refractivity contribution in [3.63, 3.8) is 0 Å². The Hall–Kier alpha value is -3.67. The van der Waals surface area contributed by atoms with Crippen LogP contribution in [0.4, 0.5) is 14.5 Å². The van der Waals surface area contributed by atoms with Gasteiger partial charge in [-0.25, -0.2) is 9.48 Å². The van der Waals surface area contributed by atoms with Gasteiger partial charge in [0.05, 0.1) is 12.5 Å². The quantitative estimate of drug-likeness (QED) is 0.551. The molecule has 0 bridgehead atoms. The number of halogens is 3. The molecule has 1 aliphatic rings. The van der Waals surface area contributed by atoms with Crippen LogP contribution in [-0.2, 0) is 16.1 Å². The first-order valence-corrected chi connectivity index (χ1v) is 8.92. The van der Waals surface area contributed by atoms with Crippen LogP contribution in [0.15, 0.2) is 33.5 Å². The highest BCUT2D eigenvalue weighted by Crippen LogP contribution is 2.42. The number of hydrogen-bond acceptors (Lipinski definition) is 8. The molecule has 13 heteroatoms. The van der Waals surface area contributed by atoms with Crippen molar-refractivity contribution >= 4 is 40.1 Å². The Kier molecular flexibility index (Phi) is 4.81. The summed E-state index contributed by atoms with van der Waals surface area (Å²) in [4.78, 5) is 38.1. The highest BCUT2D eigenvalue weighted by molar-refractivity contribution is 6.33. The lowest BCUT2D eigenvalue weighted by Crippen LogP contribution is -2.35. The molecular formula is C18H12ClF2N3O7. The molecule has 0 fully saturated rings. The zero-order valence-electron chi connectivity index (χ0n) is 15.8. The Morgan fingerprint density at radius 1 is 1.26 bits per heavy atom. The summed E-state index contributed by atoms with van der Waals surface area (Å²) in [7, 11) is 2.51. The molecule has 31 heavy (non-hydrogen) atoms. The third kappa shape index (κ3) is 3.65. The van der Waals surface area contributed by atoms with E-state index in [9.17, 15) is 23.2 Å². The molecule has 0 unspecified atom stereocenters. The summed E-state index contributed by atoms with van der Waals surface area (Å²) >= 11 is 6.02. The minimum Gasteiger partial charge on any atom is -0.463 e. The summed E-state index contributed by atoms with van der Waals surface area (Å²) in [6, 6.07) is 4.92. The summed E-state index contributed by atoms with van der Waals surface area (Å²) in [5.74, 6) is -2.10. The van der Waals surface area contributed by atoms with Crippen LogP contribution in [0.1, 0.15) is 10.6 Å². The van der Waals surface area contributed by atoms with Crippen molar-refractivity contribution in [1.82, 2.24) is 9.78 Å². The van der Waals surface area contributed by atoms with Gasteiger partial charge in [0.15, 0.2) is 22.2 Å². The maximum absolute atomic E-state index is 13.2. The number of benzene rings is 1. The lowest BCUT2D eigenvalue weighted by molar-refractivity contribution is -0.286. The molecular weight excluding hydrogens is 444 g/mol. The van der Waals surface area contributed by atoms with Gasteiger partial charge in [-0.1, -0.05) is 11.6 Å². The number of hydrogen-bond donors (Lipinski definition) is 0. The number of likely N-dealkylation sites (N-methyl/N-ethyl adjacent to an activating group) is 1. The number of amides is 1. The van der Waals surface area contributed by atoms with Gasteiger partial charge in [0.25, 0.3) is 5.56 Å². The topological polar surface area (TPSA) is 113 Å². The smallest absolute Gasteiger partial charge is 0.463 e. The first kappa shape index (κ1) is 20.6. The molecule has 0 radical (unpaired) electrons. The Labute approximate surface area is 176 Å². The van der Waals surface area contributed by atoms with Crippen LogP contribution in [0.25, 0.3) is 11.0 Å². The number of carbonyl (C=O) groups is 2. The maximum atomic E-state index is 13.2. The molecule has 3 aromatic rings. The number of anilines is 1. The number of methoxy groups -OCH3 is 1. The Morgan fingerprint density at radius 2 is 1.97 bits per heavy atom. The average Bonchev–Trinajstić information content (AvgIpc) is 3.30. The van der Waals surface area contributed by atoms with E-state index in [0.29, 0.717) is 0 Å². The number of fused-ring (bicyclic) bond motifs is 2. The van der Waals surface area contributed by atoms with E-state index in [1.807, 2.05) is 0 Å². The van der Waals surface area contributed by atoms with Crippen LogP contribution in [0.5, 0.6) is 11.5 Å². The van der Waals surface area contributed by atoms with Crippen LogP contribution in [-0.4, -0.2) is 42.1 Å². The van der Waals surface area contributed by atoms with Crippen molar-refractivity contribution in [3.8, 4) is 11.5 Å². The summed E-state index contributed by atoms with van der Waals surface area (Å²) in [5.41, 5.74) is -0.646. The molecule has 10 nitrogen and oxygen atoms in total. The number of aromatic nitrogens is 2. The maximum Gasteiger partial charge on any atom is 0.586 e. The zero-order chi connectivity index (χ0) is 22.5. The molecule has 1 amide bonds. The van der Waals surface area contributed by atoms with Gasteiger partial charge in [-0.05, 0) is 12.1 Å². The minimum absolute atomic E-state index is 0.0684. The second-order valence-corrected chi connectivity index (χ2v) is 6.71. The molecule has 0 aliphatic carbocycles. The molecule has 0 saturated carbocycles. The second-order valence-electron chi connectivity index (χ2n) is 6.35. The fraction of sp³-hybridized carbons (Fsp3) is 0.222. The van der Waals surface area contributed by atoms with Crippen LogP contribution in [0, 0.1) is 0 Å². The van der Waals surface area contributed by atoms with Crippen LogP contribution >= 0.6 is 11.6 Å². The third-order valence-corrected chi connectivity index (χ3v) is 4.66. The molecule has 162 valence electrons. The zero-order valence-corrected chi connectivity index (χ0v) is 16.6. The molecule has 0 spiro atoms. The molecule has 3 heterocycles. The third-order valence-electron chi connectivity index (χ3n) is 4.41. The van der Waals surface area contributed by atoms with Crippen molar-refractivity contribution in [3.05, 3.63) is 45.5 Å². The number of rotatable bonds is 4. The van der Waals surface area contributed by atoms with Gasteiger partial charge in [-0.3, -0.25) is 9.59 Å². The first-order valence-electron chi connectivity index (χ1n) is 8.54. The number of alkyl halides is 2. The van der Waals surface area contributed by atoms with Gasteiger partial charge in [0.1, 0.15) is 6.54 Å². The van der Waals surface area contributed by atoms with Gasteiger partial charge >= 0.3 is 12.3 Å². The van der Waals surface area contributed by atoms with Gasteiger partial charge in [-0.2, -0.15) is 5.10 Å².